The molecule has 0 saturated carbocycles. The van der Waals surface area contributed by atoms with Crippen molar-refractivity contribution < 1.29 is 9.90 Å². The topological polar surface area (TPSA) is 37.3 Å². The van der Waals surface area contributed by atoms with E-state index >= 15 is 0 Å². The first-order valence-electron chi connectivity index (χ1n) is 5.81. The van der Waals surface area contributed by atoms with Gasteiger partial charge in [-0.3, -0.25) is 0 Å². The van der Waals surface area contributed by atoms with E-state index in [2.05, 4.69) is 26.0 Å². The predicted molar refractivity (Wildman–Crippen MR) is 71.0 cm³/mol. The third kappa shape index (κ3) is 4.68. The fourth-order valence-electron chi connectivity index (χ4n) is 1.48. The van der Waals surface area contributed by atoms with Gasteiger partial charge in [-0.25, -0.2) is 4.79 Å². The highest BCUT2D eigenvalue weighted by molar-refractivity contribution is 5.80. The van der Waals surface area contributed by atoms with Gasteiger partial charge in [-0.15, -0.1) is 0 Å². The minimum atomic E-state index is -0.929. The maximum Gasteiger partial charge on any atom is 0.328 e. The van der Waals surface area contributed by atoms with Crippen molar-refractivity contribution >= 4 is 12.0 Å². The van der Waals surface area contributed by atoms with Crippen molar-refractivity contribution in [3.63, 3.8) is 0 Å². The summed E-state index contributed by atoms with van der Waals surface area (Å²) < 4.78 is 0. The molecule has 0 amide bonds. The Morgan fingerprint density at radius 2 is 1.94 bits per heavy atom. The maximum atomic E-state index is 10.2. The monoisotopic (exact) mass is 230 g/mol. The lowest BCUT2D eigenvalue weighted by atomic mass is 9.97. The van der Waals surface area contributed by atoms with Gasteiger partial charge in [-0.05, 0) is 23.5 Å². The Labute approximate surface area is 102 Å². The van der Waals surface area contributed by atoms with Crippen LogP contribution in [0.3, 0.4) is 0 Å². The Balaban J connectivity index is 2.65. The van der Waals surface area contributed by atoms with Crippen molar-refractivity contribution in [2.75, 3.05) is 0 Å². The molecule has 2 heteroatoms. The Hall–Kier alpha value is -1.83. The summed E-state index contributed by atoms with van der Waals surface area (Å²) >= 11 is 0. The molecular formula is C15H18O2. The van der Waals surface area contributed by atoms with Gasteiger partial charge in [0.15, 0.2) is 0 Å². The summed E-state index contributed by atoms with van der Waals surface area (Å²) in [7, 11) is 0. The van der Waals surface area contributed by atoms with Crippen molar-refractivity contribution in [1.82, 2.24) is 0 Å². The number of hydrogen-bond acceptors (Lipinski definition) is 1. The number of carbonyl (C=O) groups is 1. The smallest absolute Gasteiger partial charge is 0.328 e. The highest BCUT2D eigenvalue weighted by Gasteiger charge is 2.00. The molecule has 0 bridgehead atoms. The van der Waals surface area contributed by atoms with E-state index in [0.717, 1.165) is 18.1 Å². The van der Waals surface area contributed by atoms with Gasteiger partial charge in [-0.2, -0.15) is 0 Å². The van der Waals surface area contributed by atoms with Crippen LogP contribution >= 0.6 is 0 Å². The first-order chi connectivity index (χ1) is 8.13. The average molecular weight is 230 g/mol. The molecular weight excluding hydrogens is 212 g/mol. The molecule has 0 fully saturated rings. The Morgan fingerprint density at radius 3 is 2.47 bits per heavy atom. The Morgan fingerprint density at radius 1 is 1.29 bits per heavy atom. The van der Waals surface area contributed by atoms with Crippen LogP contribution in [0.15, 0.2) is 42.5 Å². The molecule has 0 heterocycles. The number of aliphatic carboxylic acids is 1. The minimum absolute atomic E-state index is 0.583. The van der Waals surface area contributed by atoms with E-state index in [4.69, 9.17) is 5.11 Å². The maximum absolute atomic E-state index is 10.2. The molecule has 17 heavy (non-hydrogen) atoms. The lowest BCUT2D eigenvalue weighted by molar-refractivity contribution is -0.131. The standard InChI is InChI=1S/C15H18O2/c1-3-12(2)14-10-8-13(9-11-14)6-4-5-7-15(16)17/h4-12H,3H2,1-2H3,(H,16,17)/b6-4+,7-5+. The molecule has 0 aliphatic rings. The molecule has 0 aliphatic heterocycles. The van der Waals surface area contributed by atoms with Gasteiger partial charge in [0.25, 0.3) is 0 Å². The second-order valence-corrected chi connectivity index (χ2v) is 4.03. The molecule has 1 atom stereocenters. The first kappa shape index (κ1) is 13.2. The van der Waals surface area contributed by atoms with Crippen molar-refractivity contribution in [2.24, 2.45) is 0 Å². The summed E-state index contributed by atoms with van der Waals surface area (Å²) in [5.74, 6) is -0.346. The van der Waals surface area contributed by atoms with Crippen molar-refractivity contribution in [1.29, 1.82) is 0 Å². The third-order valence-electron chi connectivity index (χ3n) is 2.76. The molecule has 0 saturated heterocycles. The molecule has 2 nitrogen and oxygen atoms in total. The fraction of sp³-hybridized carbons (Fsp3) is 0.267. The average Bonchev–Trinajstić information content (AvgIpc) is 2.34. The van der Waals surface area contributed by atoms with E-state index in [1.54, 1.807) is 6.08 Å². The van der Waals surface area contributed by atoms with Gasteiger partial charge < -0.3 is 5.11 Å². The quantitative estimate of drug-likeness (QED) is 0.616. The second-order valence-electron chi connectivity index (χ2n) is 4.03. The molecule has 1 rings (SSSR count). The number of carboxylic acids is 1. The largest absolute Gasteiger partial charge is 0.478 e. The summed E-state index contributed by atoms with van der Waals surface area (Å²) in [6.45, 7) is 4.38. The molecule has 0 aromatic heterocycles. The van der Waals surface area contributed by atoms with Crippen LogP contribution in [0.4, 0.5) is 0 Å². The zero-order chi connectivity index (χ0) is 12.7. The van der Waals surface area contributed by atoms with Crippen LogP contribution in [-0.2, 0) is 4.79 Å². The number of benzene rings is 1. The van der Waals surface area contributed by atoms with E-state index in [1.165, 1.54) is 11.6 Å². The molecule has 1 aromatic carbocycles. The molecule has 0 spiro atoms. The predicted octanol–water partition coefficient (Wildman–Crippen LogP) is 3.85. The van der Waals surface area contributed by atoms with Crippen LogP contribution in [0, 0.1) is 0 Å². The van der Waals surface area contributed by atoms with Crippen LogP contribution in [0.1, 0.15) is 37.3 Å². The summed E-state index contributed by atoms with van der Waals surface area (Å²) in [5.41, 5.74) is 2.41. The van der Waals surface area contributed by atoms with Gasteiger partial charge in [-0.1, -0.05) is 56.3 Å². The van der Waals surface area contributed by atoms with Crippen LogP contribution in [0.25, 0.3) is 6.08 Å². The summed E-state index contributed by atoms with van der Waals surface area (Å²) in [4.78, 5) is 10.2. The lowest BCUT2D eigenvalue weighted by Crippen LogP contribution is -1.90. The number of carboxylic acid groups (broad SMARTS) is 1. The Bertz CT molecular complexity index is 413. The third-order valence-corrected chi connectivity index (χ3v) is 2.76. The van der Waals surface area contributed by atoms with Gasteiger partial charge in [0.1, 0.15) is 0 Å². The lowest BCUT2D eigenvalue weighted by Gasteiger charge is -2.08. The van der Waals surface area contributed by atoms with E-state index in [1.807, 2.05) is 18.2 Å². The van der Waals surface area contributed by atoms with Gasteiger partial charge in [0.05, 0.1) is 0 Å². The number of rotatable bonds is 5. The molecule has 0 aliphatic carbocycles. The van der Waals surface area contributed by atoms with Crippen molar-refractivity contribution in [3.05, 3.63) is 53.6 Å². The molecule has 1 unspecified atom stereocenters. The van der Waals surface area contributed by atoms with Crippen LogP contribution in [-0.4, -0.2) is 11.1 Å². The summed E-state index contributed by atoms with van der Waals surface area (Å²) in [6.07, 6.45) is 7.39. The van der Waals surface area contributed by atoms with E-state index < -0.39 is 5.97 Å². The van der Waals surface area contributed by atoms with Gasteiger partial charge in [0, 0.05) is 6.08 Å². The summed E-state index contributed by atoms with van der Waals surface area (Å²) in [5, 5.41) is 8.41. The minimum Gasteiger partial charge on any atom is -0.478 e. The number of allylic oxidation sites excluding steroid dienone is 2. The van der Waals surface area contributed by atoms with E-state index in [9.17, 15) is 4.79 Å². The number of hydrogen-bond donors (Lipinski definition) is 1. The van der Waals surface area contributed by atoms with Crippen molar-refractivity contribution in [2.45, 2.75) is 26.2 Å². The van der Waals surface area contributed by atoms with E-state index in [-0.39, 0.29) is 0 Å². The van der Waals surface area contributed by atoms with Crippen molar-refractivity contribution in [3.8, 4) is 0 Å². The van der Waals surface area contributed by atoms with Crippen LogP contribution in [0.2, 0.25) is 0 Å². The van der Waals surface area contributed by atoms with Crippen LogP contribution < -0.4 is 0 Å². The highest BCUT2D eigenvalue weighted by Crippen LogP contribution is 2.19. The zero-order valence-electron chi connectivity index (χ0n) is 10.3. The highest BCUT2D eigenvalue weighted by atomic mass is 16.4. The molecule has 0 radical (unpaired) electrons. The fourth-order valence-corrected chi connectivity index (χ4v) is 1.48. The van der Waals surface area contributed by atoms with Gasteiger partial charge >= 0.3 is 5.97 Å². The SMILES string of the molecule is CCC(C)c1ccc(/C=C/C=C/C(=O)O)cc1. The molecule has 90 valence electrons. The Kier molecular flexibility index (Phi) is 5.21. The van der Waals surface area contributed by atoms with E-state index in [0.29, 0.717) is 5.92 Å². The van der Waals surface area contributed by atoms with Gasteiger partial charge in [0.2, 0.25) is 0 Å². The first-order valence-corrected chi connectivity index (χ1v) is 5.81. The molecule has 1 aromatic rings. The second kappa shape index (κ2) is 6.69. The van der Waals surface area contributed by atoms with Crippen LogP contribution in [0.5, 0.6) is 0 Å². The molecule has 1 N–H and O–H groups in total. The summed E-state index contributed by atoms with van der Waals surface area (Å²) in [6, 6.07) is 8.34. The zero-order valence-corrected chi connectivity index (χ0v) is 10.3. The normalized spacial score (nSPS) is 13.3.